The van der Waals surface area contributed by atoms with Crippen LogP contribution in [0, 0.1) is 0 Å². The highest BCUT2D eigenvalue weighted by Crippen LogP contribution is 2.42. The van der Waals surface area contributed by atoms with Gasteiger partial charge >= 0.3 is 0 Å². The Morgan fingerprint density at radius 3 is 2.62 bits per heavy atom. The maximum absolute atomic E-state index is 10.9. The first-order valence-electron chi connectivity index (χ1n) is 11.4. The van der Waals surface area contributed by atoms with Gasteiger partial charge in [-0.1, -0.05) is 0 Å². The molecular weight excluding hydrogens is 428 g/mol. The monoisotopic (exact) mass is 460 g/mol. The van der Waals surface area contributed by atoms with Crippen LogP contribution in [0.25, 0.3) is 0 Å². The van der Waals surface area contributed by atoms with Crippen molar-refractivity contribution in [3.05, 3.63) is 53.9 Å². The number of hydrogen-bond donors (Lipinski definition) is 1. The van der Waals surface area contributed by atoms with Crippen molar-refractivity contribution < 1.29 is 9.84 Å². The van der Waals surface area contributed by atoms with Crippen molar-refractivity contribution in [3.8, 4) is 11.5 Å². The van der Waals surface area contributed by atoms with Crippen LogP contribution in [0.4, 0.5) is 22.7 Å². The quantitative estimate of drug-likeness (QED) is 0.526. The van der Waals surface area contributed by atoms with E-state index in [1.165, 1.54) is 0 Å². The molecular formula is C26H32N6O2. The van der Waals surface area contributed by atoms with Gasteiger partial charge in [0.25, 0.3) is 0 Å². The van der Waals surface area contributed by atoms with Crippen molar-refractivity contribution in [1.29, 1.82) is 0 Å². The Bertz CT molecular complexity index is 1230. The van der Waals surface area contributed by atoms with E-state index in [9.17, 15) is 5.11 Å². The van der Waals surface area contributed by atoms with E-state index in [2.05, 4.69) is 40.5 Å². The van der Waals surface area contributed by atoms with Crippen LogP contribution in [0.1, 0.15) is 31.9 Å². The number of benzene rings is 2. The Labute approximate surface area is 200 Å². The van der Waals surface area contributed by atoms with Crippen molar-refractivity contribution in [1.82, 2.24) is 14.7 Å². The van der Waals surface area contributed by atoms with Gasteiger partial charge in [0.2, 0.25) is 0 Å². The molecule has 8 nitrogen and oxygen atoms in total. The lowest BCUT2D eigenvalue weighted by Crippen LogP contribution is -2.34. The Hall–Kier alpha value is -3.65. The molecule has 0 radical (unpaired) electrons. The van der Waals surface area contributed by atoms with Gasteiger partial charge in [0.1, 0.15) is 11.5 Å². The van der Waals surface area contributed by atoms with Crippen LogP contribution in [0.15, 0.2) is 52.7 Å². The molecule has 0 amide bonds. The molecule has 0 saturated carbocycles. The number of nitrogens with zero attached hydrogens (tertiary/aromatic N) is 6. The van der Waals surface area contributed by atoms with E-state index in [0.717, 1.165) is 47.0 Å². The largest absolute Gasteiger partial charge is 0.507 e. The summed E-state index contributed by atoms with van der Waals surface area (Å²) in [6.45, 7) is 12.3. The van der Waals surface area contributed by atoms with E-state index < -0.39 is 0 Å². The first-order valence-corrected chi connectivity index (χ1v) is 11.4. The summed E-state index contributed by atoms with van der Waals surface area (Å²) in [5.74, 6) is 0.858. The predicted molar refractivity (Wildman–Crippen MR) is 138 cm³/mol. The van der Waals surface area contributed by atoms with Crippen LogP contribution in [0.2, 0.25) is 0 Å². The van der Waals surface area contributed by atoms with Crippen molar-refractivity contribution in [3.63, 3.8) is 0 Å². The number of aryl methyl sites for hydroxylation is 1. The number of ether oxygens (including phenoxy) is 1. The molecule has 0 fully saturated rings. The maximum Gasteiger partial charge on any atom is 0.125 e. The van der Waals surface area contributed by atoms with Crippen LogP contribution in [-0.4, -0.2) is 58.5 Å². The summed E-state index contributed by atoms with van der Waals surface area (Å²) in [6.07, 6.45) is 3.73. The zero-order valence-corrected chi connectivity index (χ0v) is 20.5. The fourth-order valence-electron chi connectivity index (χ4n) is 4.23. The lowest BCUT2D eigenvalue weighted by molar-refractivity contribution is 0.221. The number of hydrogen-bond acceptors (Lipinski definition) is 7. The summed E-state index contributed by atoms with van der Waals surface area (Å²) >= 11 is 0. The smallest absolute Gasteiger partial charge is 0.125 e. The SMILES string of the molecule is C=Nc1ccc(N2CCN(C(C)C)Cc3c(O)cc(OC)cc32)cc1N=C(C)c1cnn(C)c1. The van der Waals surface area contributed by atoms with Crippen LogP contribution < -0.4 is 9.64 Å². The number of aromatic nitrogens is 2. The molecule has 178 valence electrons. The number of phenolic OH excluding ortho intramolecular Hbond substituents is 1. The first-order chi connectivity index (χ1) is 16.3. The molecule has 0 atom stereocenters. The van der Waals surface area contributed by atoms with Gasteiger partial charge in [-0.25, -0.2) is 0 Å². The van der Waals surface area contributed by atoms with Crippen molar-refractivity contribution in [2.24, 2.45) is 17.0 Å². The summed E-state index contributed by atoms with van der Waals surface area (Å²) in [7, 11) is 3.50. The number of anilines is 2. The van der Waals surface area contributed by atoms with Crippen molar-refractivity contribution in [2.45, 2.75) is 33.4 Å². The molecule has 4 rings (SSSR count). The van der Waals surface area contributed by atoms with Gasteiger partial charge in [-0.2, -0.15) is 5.10 Å². The molecule has 3 aromatic rings. The molecule has 1 aliphatic heterocycles. The Morgan fingerprint density at radius 1 is 1.18 bits per heavy atom. The van der Waals surface area contributed by atoms with Gasteiger partial charge in [0, 0.05) is 73.6 Å². The summed E-state index contributed by atoms with van der Waals surface area (Å²) in [5, 5.41) is 15.1. The highest BCUT2D eigenvalue weighted by Gasteiger charge is 2.26. The fraction of sp³-hybridized carbons (Fsp3) is 0.346. The summed E-state index contributed by atoms with van der Waals surface area (Å²) in [5.41, 5.74) is 6.01. The molecule has 1 aliphatic rings. The molecule has 34 heavy (non-hydrogen) atoms. The van der Waals surface area contributed by atoms with Crippen LogP contribution in [-0.2, 0) is 13.6 Å². The number of aliphatic imine (C=N–C) groups is 2. The Morgan fingerprint density at radius 2 is 1.97 bits per heavy atom. The maximum atomic E-state index is 10.9. The molecule has 2 aromatic carbocycles. The third-order valence-electron chi connectivity index (χ3n) is 6.26. The van der Waals surface area contributed by atoms with E-state index >= 15 is 0 Å². The van der Waals surface area contributed by atoms with E-state index in [4.69, 9.17) is 9.73 Å². The zero-order valence-electron chi connectivity index (χ0n) is 20.5. The molecule has 8 heteroatoms. The minimum absolute atomic E-state index is 0.238. The highest BCUT2D eigenvalue weighted by atomic mass is 16.5. The number of methoxy groups -OCH3 is 1. The second-order valence-corrected chi connectivity index (χ2v) is 8.79. The summed E-state index contributed by atoms with van der Waals surface area (Å²) < 4.78 is 7.23. The van der Waals surface area contributed by atoms with E-state index in [0.29, 0.717) is 24.0 Å². The lowest BCUT2D eigenvalue weighted by atomic mass is 10.1. The summed E-state index contributed by atoms with van der Waals surface area (Å²) in [6, 6.07) is 10.00. The van der Waals surface area contributed by atoms with Crippen molar-refractivity contribution >= 4 is 35.2 Å². The third kappa shape index (κ3) is 4.68. The normalized spacial score (nSPS) is 14.8. The first kappa shape index (κ1) is 23.5. The number of phenols is 1. The minimum atomic E-state index is 0.238. The second-order valence-electron chi connectivity index (χ2n) is 8.79. The Balaban J connectivity index is 1.82. The van der Waals surface area contributed by atoms with Crippen LogP contribution in [0.5, 0.6) is 11.5 Å². The number of aromatic hydroxyl groups is 1. The predicted octanol–water partition coefficient (Wildman–Crippen LogP) is 4.97. The third-order valence-corrected chi connectivity index (χ3v) is 6.26. The molecule has 1 aromatic heterocycles. The van der Waals surface area contributed by atoms with Gasteiger partial charge in [0.05, 0.1) is 30.4 Å². The van der Waals surface area contributed by atoms with Crippen LogP contribution in [0.3, 0.4) is 0 Å². The topological polar surface area (TPSA) is 78.5 Å². The van der Waals surface area contributed by atoms with Gasteiger partial charge in [-0.05, 0) is 45.7 Å². The molecule has 0 unspecified atom stereocenters. The number of rotatable bonds is 6. The minimum Gasteiger partial charge on any atom is -0.507 e. The fourth-order valence-corrected chi connectivity index (χ4v) is 4.23. The molecule has 0 bridgehead atoms. The van der Waals surface area contributed by atoms with Gasteiger partial charge in [0.15, 0.2) is 0 Å². The zero-order chi connectivity index (χ0) is 24.4. The van der Waals surface area contributed by atoms with Gasteiger partial charge in [-0.15, -0.1) is 0 Å². The van der Waals surface area contributed by atoms with Crippen molar-refractivity contribution in [2.75, 3.05) is 25.1 Å². The summed E-state index contributed by atoms with van der Waals surface area (Å²) in [4.78, 5) is 13.6. The highest BCUT2D eigenvalue weighted by molar-refractivity contribution is 6.00. The van der Waals surface area contributed by atoms with Gasteiger partial charge < -0.3 is 14.7 Å². The average Bonchev–Trinajstić information content (AvgIpc) is 3.15. The van der Waals surface area contributed by atoms with E-state index in [-0.39, 0.29) is 5.75 Å². The molecule has 2 heterocycles. The molecule has 0 saturated heterocycles. The molecule has 0 aliphatic carbocycles. The number of fused-ring (bicyclic) bond motifs is 1. The van der Waals surface area contributed by atoms with Gasteiger partial charge in [-0.3, -0.25) is 19.6 Å². The second kappa shape index (κ2) is 9.69. The lowest BCUT2D eigenvalue weighted by Gasteiger charge is -2.27. The molecule has 0 spiro atoms. The van der Waals surface area contributed by atoms with E-state index in [1.807, 2.05) is 44.4 Å². The average molecular weight is 461 g/mol. The van der Waals surface area contributed by atoms with E-state index in [1.54, 1.807) is 24.1 Å². The standard InChI is InChI=1S/C26H32N6O2/c1-17(2)31-9-10-32(25-12-21(34-6)13-26(33)22(25)16-31)20-7-8-23(27-4)24(11-20)29-18(3)19-14-28-30(5)15-19/h7-8,11-15,17,33H,4,9-10,16H2,1-3,5-6H3. The molecule has 1 N–H and O–H groups in total. The Kier molecular flexibility index (Phi) is 6.70. The van der Waals surface area contributed by atoms with Crippen LogP contribution >= 0.6 is 0 Å².